The van der Waals surface area contributed by atoms with Gasteiger partial charge in [0, 0.05) is 30.4 Å². The molecule has 2 fully saturated rings. The van der Waals surface area contributed by atoms with Crippen LogP contribution in [0.15, 0.2) is 24.4 Å². The largest absolute Gasteiger partial charge is 0.573 e. The van der Waals surface area contributed by atoms with Crippen molar-refractivity contribution in [2.45, 2.75) is 83.0 Å². The van der Waals surface area contributed by atoms with E-state index in [-0.39, 0.29) is 46.9 Å². The lowest BCUT2D eigenvalue weighted by atomic mass is 9.83. The molecular weight excluding hydrogens is 541 g/mol. The molecule has 0 spiro atoms. The first-order valence-corrected chi connectivity index (χ1v) is 13.7. The minimum atomic E-state index is -5.00. The fraction of sp³-hybridized carbons (Fsp3) is 0.500. The minimum absolute atomic E-state index is 0.0414. The van der Waals surface area contributed by atoms with Crippen molar-refractivity contribution in [2.75, 3.05) is 5.73 Å². The number of amides is 2. The van der Waals surface area contributed by atoms with Crippen LogP contribution in [0.3, 0.4) is 0 Å². The van der Waals surface area contributed by atoms with Crippen molar-refractivity contribution in [1.82, 2.24) is 24.8 Å². The first-order valence-electron chi connectivity index (χ1n) is 13.7. The average molecular weight is 573 g/mol. The number of halogens is 3. The van der Waals surface area contributed by atoms with Crippen LogP contribution in [0.4, 0.5) is 19.0 Å². The molecule has 1 aromatic carbocycles. The van der Waals surface area contributed by atoms with Crippen LogP contribution in [-0.4, -0.2) is 60.5 Å². The van der Waals surface area contributed by atoms with E-state index in [1.54, 1.807) is 24.0 Å². The molecule has 10 nitrogen and oxygen atoms in total. The summed E-state index contributed by atoms with van der Waals surface area (Å²) >= 11 is 0. The summed E-state index contributed by atoms with van der Waals surface area (Å²) < 4.78 is 45.9. The van der Waals surface area contributed by atoms with Gasteiger partial charge in [-0.25, -0.2) is 9.50 Å². The van der Waals surface area contributed by atoms with Crippen molar-refractivity contribution in [3.8, 4) is 17.0 Å². The predicted molar refractivity (Wildman–Crippen MR) is 142 cm³/mol. The van der Waals surface area contributed by atoms with Gasteiger partial charge in [0.25, 0.3) is 11.8 Å². The van der Waals surface area contributed by atoms with E-state index >= 15 is 0 Å². The van der Waals surface area contributed by atoms with Gasteiger partial charge in [-0.1, -0.05) is 0 Å². The lowest BCUT2D eigenvalue weighted by molar-refractivity contribution is -0.274. The zero-order chi connectivity index (χ0) is 29.3. The van der Waals surface area contributed by atoms with Crippen molar-refractivity contribution in [2.24, 2.45) is 5.92 Å². The topological polar surface area (TPSA) is 135 Å². The maximum atomic E-state index is 13.4. The van der Waals surface area contributed by atoms with E-state index in [0.717, 1.165) is 18.9 Å². The van der Waals surface area contributed by atoms with Gasteiger partial charge in [-0.05, 0) is 82.1 Å². The van der Waals surface area contributed by atoms with Crippen LogP contribution in [-0.2, 0) is 6.54 Å². The number of fused-ring (bicyclic) bond motifs is 2. The Hall–Kier alpha value is -3.87. The minimum Gasteiger partial charge on any atom is -0.405 e. The molecular formula is C28H31F3N6O4. The Morgan fingerprint density at radius 1 is 1.24 bits per heavy atom. The van der Waals surface area contributed by atoms with Crippen LogP contribution in [0.25, 0.3) is 16.9 Å². The first-order chi connectivity index (χ1) is 19.3. The number of rotatable bonds is 6. The number of hydrogen-bond donors (Lipinski definition) is 3. The molecule has 3 aliphatic rings. The highest BCUT2D eigenvalue weighted by Gasteiger charge is 2.42. The highest BCUT2D eigenvalue weighted by molar-refractivity contribution is 6.05. The van der Waals surface area contributed by atoms with Gasteiger partial charge >= 0.3 is 6.36 Å². The third-order valence-corrected chi connectivity index (χ3v) is 8.45. The van der Waals surface area contributed by atoms with Gasteiger partial charge in [-0.3, -0.25) is 9.59 Å². The number of carbonyl (C=O) groups is 2. The van der Waals surface area contributed by atoms with E-state index in [9.17, 15) is 27.9 Å². The second-order valence-corrected chi connectivity index (χ2v) is 11.7. The summed E-state index contributed by atoms with van der Waals surface area (Å²) in [6.45, 7) is 3.84. The van der Waals surface area contributed by atoms with Crippen LogP contribution in [0.1, 0.15) is 78.7 Å². The molecule has 0 saturated heterocycles. The van der Waals surface area contributed by atoms with Crippen molar-refractivity contribution in [3.05, 3.63) is 41.1 Å². The Morgan fingerprint density at radius 3 is 2.61 bits per heavy atom. The molecule has 2 aromatic heterocycles. The fourth-order valence-corrected chi connectivity index (χ4v) is 5.92. The van der Waals surface area contributed by atoms with Gasteiger partial charge in [0.2, 0.25) is 0 Å². The summed E-state index contributed by atoms with van der Waals surface area (Å²) in [5.74, 6) is -1.25. The molecule has 218 valence electrons. The molecule has 4 N–H and O–H groups in total. The molecule has 6 rings (SSSR count). The number of nitrogens with two attached hydrogens (primary N) is 1. The number of hydrogen-bond acceptors (Lipinski definition) is 7. The molecule has 2 saturated carbocycles. The van der Waals surface area contributed by atoms with Crippen LogP contribution in [0, 0.1) is 5.92 Å². The van der Waals surface area contributed by atoms with E-state index in [0.29, 0.717) is 42.7 Å². The predicted octanol–water partition coefficient (Wildman–Crippen LogP) is 4.05. The summed E-state index contributed by atoms with van der Waals surface area (Å²) in [6.07, 6.45) is 0.771. The second kappa shape index (κ2) is 9.61. The second-order valence-electron chi connectivity index (χ2n) is 11.7. The van der Waals surface area contributed by atoms with E-state index < -0.39 is 29.5 Å². The number of carbonyl (C=O) groups excluding carboxylic acids is 2. The van der Waals surface area contributed by atoms with Crippen LogP contribution in [0.5, 0.6) is 5.75 Å². The summed E-state index contributed by atoms with van der Waals surface area (Å²) in [4.78, 5) is 32.6. The number of alkyl halides is 3. The summed E-state index contributed by atoms with van der Waals surface area (Å²) in [5, 5.41) is 17.3. The molecule has 41 heavy (non-hydrogen) atoms. The average Bonchev–Trinajstić information content (AvgIpc) is 3.61. The molecule has 0 unspecified atom stereocenters. The fourth-order valence-electron chi connectivity index (χ4n) is 5.92. The number of benzene rings is 1. The third-order valence-electron chi connectivity index (χ3n) is 8.45. The third kappa shape index (κ3) is 5.30. The maximum Gasteiger partial charge on any atom is 0.573 e. The molecule has 13 heteroatoms. The van der Waals surface area contributed by atoms with Gasteiger partial charge in [0.1, 0.15) is 11.3 Å². The summed E-state index contributed by atoms with van der Waals surface area (Å²) in [6, 6.07) is 4.09. The number of anilines is 1. The quantitative estimate of drug-likeness (QED) is 0.406. The number of nitrogens with zero attached hydrogens (tertiary/aromatic N) is 4. The van der Waals surface area contributed by atoms with Crippen LogP contribution in [0.2, 0.25) is 0 Å². The molecule has 3 aromatic rings. The van der Waals surface area contributed by atoms with E-state index in [1.807, 2.05) is 6.92 Å². The standard InChI is InChI=1S/C28H31F3N6O4/c1-14(15-3-4-15)36-13-17-11-16(12-20(21(17)26(36)39)41-28(29,30)31)19-7-10-37-24(34-19)22(23(32)35-37)25(38)33-18-5-8-27(2,40)9-6-18/h7,10-12,14-15,18,40H,3-6,8-9,13H2,1-2H3,(H2,32,35)(H,33,38)/t14-,18-,27+/m0/s1. The van der Waals surface area contributed by atoms with Crippen molar-refractivity contribution in [1.29, 1.82) is 0 Å². The molecule has 1 atom stereocenters. The Labute approximate surface area is 233 Å². The summed E-state index contributed by atoms with van der Waals surface area (Å²) in [5.41, 5.74) is 6.39. The van der Waals surface area contributed by atoms with Crippen LogP contribution < -0.4 is 15.8 Å². The van der Waals surface area contributed by atoms with Gasteiger partial charge in [-0.2, -0.15) is 0 Å². The SMILES string of the molecule is C[C@@H](C1CC1)N1Cc2cc(-c3ccn4nc(N)c(C(=O)N[C@H]5CC[C@@](C)(O)CC5)c4n3)cc(OC(F)(F)F)c2C1=O. The highest BCUT2D eigenvalue weighted by atomic mass is 19.4. The monoisotopic (exact) mass is 572 g/mol. The Kier molecular flexibility index (Phi) is 6.40. The first kappa shape index (κ1) is 27.3. The molecule has 3 heterocycles. The molecule has 2 aliphatic carbocycles. The number of nitrogen functional groups attached to an aromatic ring is 1. The van der Waals surface area contributed by atoms with Gasteiger partial charge < -0.3 is 25.8 Å². The smallest absolute Gasteiger partial charge is 0.405 e. The Morgan fingerprint density at radius 2 is 1.95 bits per heavy atom. The molecule has 2 amide bonds. The lowest BCUT2D eigenvalue weighted by Gasteiger charge is -2.33. The Balaban J connectivity index is 1.35. The number of ether oxygens (including phenoxy) is 1. The van der Waals surface area contributed by atoms with Gasteiger partial charge in [0.05, 0.1) is 16.9 Å². The van der Waals surface area contributed by atoms with E-state index in [2.05, 4.69) is 20.1 Å². The van der Waals surface area contributed by atoms with Gasteiger partial charge in [0.15, 0.2) is 11.5 Å². The molecule has 1 aliphatic heterocycles. The van der Waals surface area contributed by atoms with Gasteiger partial charge in [-0.15, -0.1) is 18.3 Å². The molecule has 0 bridgehead atoms. The van der Waals surface area contributed by atoms with Crippen LogP contribution >= 0.6 is 0 Å². The zero-order valence-corrected chi connectivity index (χ0v) is 22.7. The van der Waals surface area contributed by atoms with Crippen molar-refractivity contribution < 1.29 is 32.6 Å². The van der Waals surface area contributed by atoms with Crippen molar-refractivity contribution in [3.63, 3.8) is 0 Å². The van der Waals surface area contributed by atoms with Crippen molar-refractivity contribution >= 4 is 23.3 Å². The number of aromatic nitrogens is 3. The maximum absolute atomic E-state index is 13.4. The normalized spacial score (nSPS) is 23.5. The lowest BCUT2D eigenvalue weighted by Crippen LogP contribution is -2.42. The highest BCUT2D eigenvalue weighted by Crippen LogP contribution is 2.42. The Bertz CT molecular complexity index is 1540. The molecule has 0 radical (unpaired) electrons. The van der Waals surface area contributed by atoms with E-state index in [1.165, 1.54) is 10.7 Å². The zero-order valence-electron chi connectivity index (χ0n) is 22.7. The number of aliphatic hydroxyl groups is 1. The number of nitrogens with one attached hydrogen (secondary N) is 1. The summed E-state index contributed by atoms with van der Waals surface area (Å²) in [7, 11) is 0. The van der Waals surface area contributed by atoms with E-state index in [4.69, 9.17) is 5.73 Å².